The molecule has 0 aromatic heterocycles. The Kier molecular flexibility index (Phi) is 8.97. The highest BCUT2D eigenvalue weighted by atomic mass is 35.5. The van der Waals surface area contributed by atoms with Gasteiger partial charge in [-0.3, -0.25) is 4.79 Å². The van der Waals surface area contributed by atoms with Crippen LogP contribution in [0.15, 0.2) is 18.2 Å². The molecule has 0 N–H and O–H groups in total. The van der Waals surface area contributed by atoms with E-state index in [0.29, 0.717) is 22.0 Å². The molecule has 20 heavy (non-hydrogen) atoms. The Morgan fingerprint density at radius 1 is 0.950 bits per heavy atom. The van der Waals surface area contributed by atoms with E-state index >= 15 is 0 Å². The molecule has 3 heteroatoms. The van der Waals surface area contributed by atoms with Crippen LogP contribution in [-0.4, -0.2) is 5.78 Å². The molecule has 0 unspecified atom stereocenters. The van der Waals surface area contributed by atoms with E-state index in [1.165, 1.54) is 38.5 Å². The minimum atomic E-state index is 0.100. The van der Waals surface area contributed by atoms with Crippen LogP contribution in [0.1, 0.15) is 75.1 Å². The Labute approximate surface area is 132 Å². The second kappa shape index (κ2) is 10.2. The zero-order chi connectivity index (χ0) is 14.8. The van der Waals surface area contributed by atoms with Gasteiger partial charge in [0, 0.05) is 17.0 Å². The smallest absolute Gasteiger partial charge is 0.164 e. The third kappa shape index (κ3) is 6.76. The number of halogens is 2. The van der Waals surface area contributed by atoms with Crippen molar-refractivity contribution >= 4 is 29.0 Å². The predicted octanol–water partition coefficient (Wildman–Crippen LogP) is 6.71. The minimum absolute atomic E-state index is 0.100. The van der Waals surface area contributed by atoms with E-state index in [1.54, 1.807) is 18.2 Å². The van der Waals surface area contributed by atoms with Gasteiger partial charge >= 0.3 is 0 Å². The molecule has 0 amide bonds. The van der Waals surface area contributed by atoms with Crippen LogP contribution in [0, 0.1) is 0 Å². The van der Waals surface area contributed by atoms with Gasteiger partial charge in [0.25, 0.3) is 0 Å². The second-order valence-corrected chi connectivity index (χ2v) is 6.12. The van der Waals surface area contributed by atoms with E-state index in [4.69, 9.17) is 23.2 Å². The molecule has 0 aliphatic rings. The topological polar surface area (TPSA) is 17.1 Å². The lowest BCUT2D eigenvalue weighted by atomic mass is 10.0. The Bertz CT molecular complexity index is 415. The third-order valence-corrected chi connectivity index (χ3v) is 4.05. The van der Waals surface area contributed by atoms with E-state index in [2.05, 4.69) is 6.92 Å². The lowest BCUT2D eigenvalue weighted by molar-refractivity contribution is 0.0979. The molecule has 0 atom stereocenters. The van der Waals surface area contributed by atoms with Gasteiger partial charge in [-0.2, -0.15) is 0 Å². The molecule has 0 aliphatic heterocycles. The fraction of sp³-hybridized carbons (Fsp3) is 0.588. The average Bonchev–Trinajstić information content (AvgIpc) is 2.44. The van der Waals surface area contributed by atoms with E-state index in [-0.39, 0.29) is 5.78 Å². The van der Waals surface area contributed by atoms with Gasteiger partial charge in [-0.15, -0.1) is 0 Å². The maximum absolute atomic E-state index is 12.0. The Balaban J connectivity index is 2.18. The normalized spacial score (nSPS) is 10.8. The number of carbonyl (C=O) groups is 1. The molecule has 0 saturated heterocycles. The van der Waals surface area contributed by atoms with Crippen molar-refractivity contribution in [2.24, 2.45) is 0 Å². The van der Waals surface area contributed by atoms with Gasteiger partial charge in [-0.05, 0) is 24.6 Å². The SMILES string of the molecule is CCCCCCCCCCC(=O)c1cc(Cl)ccc1Cl. The molecule has 0 fully saturated rings. The minimum Gasteiger partial charge on any atom is -0.294 e. The summed E-state index contributed by atoms with van der Waals surface area (Å²) < 4.78 is 0. The quantitative estimate of drug-likeness (QED) is 0.346. The summed E-state index contributed by atoms with van der Waals surface area (Å²) in [5, 5.41) is 1.06. The van der Waals surface area contributed by atoms with Crippen LogP contribution in [0.2, 0.25) is 10.0 Å². The number of hydrogen-bond donors (Lipinski definition) is 0. The first-order valence-electron chi connectivity index (χ1n) is 7.63. The molecule has 0 bridgehead atoms. The van der Waals surface area contributed by atoms with Crippen molar-refractivity contribution in [1.82, 2.24) is 0 Å². The zero-order valence-corrected chi connectivity index (χ0v) is 13.8. The van der Waals surface area contributed by atoms with Crippen molar-refractivity contribution in [2.45, 2.75) is 64.7 Å². The van der Waals surface area contributed by atoms with Crippen LogP contribution in [0.3, 0.4) is 0 Å². The van der Waals surface area contributed by atoms with Gasteiger partial charge in [0.05, 0.1) is 5.02 Å². The van der Waals surface area contributed by atoms with E-state index in [0.717, 1.165) is 12.8 Å². The predicted molar refractivity (Wildman–Crippen MR) is 88.0 cm³/mol. The average molecular weight is 315 g/mol. The van der Waals surface area contributed by atoms with Gasteiger partial charge in [0.1, 0.15) is 0 Å². The summed E-state index contributed by atoms with van der Waals surface area (Å²) in [4.78, 5) is 12.0. The molecule has 0 radical (unpaired) electrons. The van der Waals surface area contributed by atoms with Crippen LogP contribution < -0.4 is 0 Å². The number of carbonyl (C=O) groups excluding carboxylic acids is 1. The van der Waals surface area contributed by atoms with Crippen molar-refractivity contribution in [3.8, 4) is 0 Å². The van der Waals surface area contributed by atoms with Crippen molar-refractivity contribution in [3.05, 3.63) is 33.8 Å². The van der Waals surface area contributed by atoms with E-state index < -0.39 is 0 Å². The zero-order valence-electron chi connectivity index (χ0n) is 12.3. The van der Waals surface area contributed by atoms with Crippen LogP contribution in [0.25, 0.3) is 0 Å². The molecule has 0 aliphatic carbocycles. The monoisotopic (exact) mass is 314 g/mol. The number of Topliss-reactive ketones (excluding diaryl/α,β-unsaturated/α-hetero) is 1. The van der Waals surface area contributed by atoms with Crippen molar-refractivity contribution < 1.29 is 4.79 Å². The maximum atomic E-state index is 12.0. The second-order valence-electron chi connectivity index (χ2n) is 5.27. The van der Waals surface area contributed by atoms with Crippen LogP contribution in [-0.2, 0) is 0 Å². The molecule has 1 aromatic rings. The molecule has 1 aromatic carbocycles. The van der Waals surface area contributed by atoms with Crippen molar-refractivity contribution in [1.29, 1.82) is 0 Å². The van der Waals surface area contributed by atoms with Gasteiger partial charge in [0.15, 0.2) is 5.78 Å². The van der Waals surface area contributed by atoms with Gasteiger partial charge in [0.2, 0.25) is 0 Å². The summed E-state index contributed by atoms with van der Waals surface area (Å²) in [6.07, 6.45) is 10.4. The highest BCUT2D eigenvalue weighted by molar-refractivity contribution is 6.35. The molecule has 0 heterocycles. The van der Waals surface area contributed by atoms with Gasteiger partial charge in [-0.1, -0.05) is 75.1 Å². The summed E-state index contributed by atoms with van der Waals surface area (Å²) in [7, 11) is 0. The lowest BCUT2D eigenvalue weighted by Gasteiger charge is -2.04. The first-order chi connectivity index (χ1) is 9.65. The molecule has 1 nitrogen and oxygen atoms in total. The summed E-state index contributed by atoms with van der Waals surface area (Å²) >= 11 is 11.9. The number of ketones is 1. The highest BCUT2D eigenvalue weighted by Gasteiger charge is 2.10. The molecule has 0 saturated carbocycles. The summed E-state index contributed by atoms with van der Waals surface area (Å²) in [5.41, 5.74) is 0.558. The summed E-state index contributed by atoms with van der Waals surface area (Å²) in [5.74, 6) is 0.100. The third-order valence-electron chi connectivity index (χ3n) is 3.49. The molecule has 112 valence electrons. The fourth-order valence-corrected chi connectivity index (χ4v) is 2.66. The number of hydrogen-bond acceptors (Lipinski definition) is 1. The number of unbranched alkanes of at least 4 members (excludes halogenated alkanes) is 7. The molecule has 1 rings (SSSR count). The highest BCUT2D eigenvalue weighted by Crippen LogP contribution is 2.22. The number of benzene rings is 1. The Morgan fingerprint density at radius 3 is 2.20 bits per heavy atom. The molecular formula is C17H24Cl2O. The van der Waals surface area contributed by atoms with Crippen molar-refractivity contribution in [3.63, 3.8) is 0 Å². The van der Waals surface area contributed by atoms with Crippen LogP contribution in [0.5, 0.6) is 0 Å². The first-order valence-corrected chi connectivity index (χ1v) is 8.39. The molecule has 0 spiro atoms. The summed E-state index contributed by atoms with van der Waals surface area (Å²) in [6, 6.07) is 5.05. The van der Waals surface area contributed by atoms with Crippen LogP contribution in [0.4, 0.5) is 0 Å². The van der Waals surface area contributed by atoms with E-state index in [1.807, 2.05) is 0 Å². The number of rotatable bonds is 10. The fourth-order valence-electron chi connectivity index (χ4n) is 2.27. The Morgan fingerprint density at radius 2 is 1.55 bits per heavy atom. The van der Waals surface area contributed by atoms with Crippen molar-refractivity contribution in [2.75, 3.05) is 0 Å². The van der Waals surface area contributed by atoms with Crippen LogP contribution >= 0.6 is 23.2 Å². The Hall–Kier alpha value is -0.530. The molecular weight excluding hydrogens is 291 g/mol. The largest absolute Gasteiger partial charge is 0.294 e. The maximum Gasteiger partial charge on any atom is 0.164 e. The van der Waals surface area contributed by atoms with Gasteiger partial charge < -0.3 is 0 Å². The standard InChI is InChI=1S/C17H24Cl2O/c1-2-3-4-5-6-7-8-9-10-17(20)15-13-14(18)11-12-16(15)19/h11-13H,2-10H2,1H3. The van der Waals surface area contributed by atoms with E-state index in [9.17, 15) is 4.79 Å². The first kappa shape index (κ1) is 17.5. The lowest BCUT2D eigenvalue weighted by Crippen LogP contribution is -2.00. The summed E-state index contributed by atoms with van der Waals surface area (Å²) in [6.45, 7) is 2.23. The van der Waals surface area contributed by atoms with Gasteiger partial charge in [-0.25, -0.2) is 0 Å².